The molecule has 0 heterocycles. The fraction of sp³-hybridized carbons (Fsp3) is 0.211. The first-order valence-electron chi connectivity index (χ1n) is 7.76. The van der Waals surface area contributed by atoms with Crippen molar-refractivity contribution < 1.29 is 4.79 Å². The van der Waals surface area contributed by atoms with Crippen LogP contribution in [0.1, 0.15) is 30.9 Å². The molecule has 0 aliphatic rings. The number of anilines is 1. The number of hydrogen-bond acceptors (Lipinski definition) is 1. The van der Waals surface area contributed by atoms with Crippen molar-refractivity contribution in [2.75, 3.05) is 5.32 Å². The Balaban J connectivity index is 1.82. The van der Waals surface area contributed by atoms with Gasteiger partial charge < -0.3 is 10.6 Å². The molecule has 3 nitrogen and oxygen atoms in total. The summed E-state index contributed by atoms with van der Waals surface area (Å²) in [5.74, 6) is 0. The quantitative estimate of drug-likeness (QED) is 0.724. The standard InChI is InChI=1S/C19H21ClN2O/c1-2-3-5-15-8-10-18(11-9-15)22-19(23)21-13-12-16-6-4-7-17(20)14-16/h4,6-14H,2-3,5H2,1H3,(H2,21,22,23)/b13-12+. The van der Waals surface area contributed by atoms with Crippen molar-refractivity contribution in [3.63, 3.8) is 0 Å². The number of benzene rings is 2. The van der Waals surface area contributed by atoms with Crippen LogP contribution in [-0.4, -0.2) is 6.03 Å². The number of halogens is 1. The summed E-state index contributed by atoms with van der Waals surface area (Å²) in [4.78, 5) is 11.8. The number of aryl methyl sites for hydroxylation is 1. The third-order valence-electron chi connectivity index (χ3n) is 3.37. The molecule has 0 saturated carbocycles. The van der Waals surface area contributed by atoms with E-state index in [1.165, 1.54) is 18.4 Å². The molecule has 0 atom stereocenters. The van der Waals surface area contributed by atoms with E-state index in [0.29, 0.717) is 5.02 Å². The highest BCUT2D eigenvalue weighted by Gasteiger charge is 1.99. The number of urea groups is 1. The van der Waals surface area contributed by atoms with E-state index in [2.05, 4.69) is 17.6 Å². The van der Waals surface area contributed by atoms with Gasteiger partial charge in [0, 0.05) is 16.9 Å². The minimum Gasteiger partial charge on any atom is -0.314 e. The first-order chi connectivity index (χ1) is 11.2. The predicted octanol–water partition coefficient (Wildman–Crippen LogP) is 5.48. The van der Waals surface area contributed by atoms with Crippen LogP contribution in [0.2, 0.25) is 5.02 Å². The predicted molar refractivity (Wildman–Crippen MR) is 97.7 cm³/mol. The van der Waals surface area contributed by atoms with E-state index in [4.69, 9.17) is 11.6 Å². The fourth-order valence-corrected chi connectivity index (χ4v) is 2.33. The Labute approximate surface area is 142 Å². The van der Waals surface area contributed by atoms with Crippen LogP contribution >= 0.6 is 11.6 Å². The number of unbranched alkanes of at least 4 members (excludes halogenated alkanes) is 1. The molecule has 0 aromatic heterocycles. The second-order valence-corrected chi connectivity index (χ2v) is 5.72. The molecule has 2 aromatic carbocycles. The van der Waals surface area contributed by atoms with E-state index in [0.717, 1.165) is 17.7 Å². The minimum atomic E-state index is -0.274. The maximum atomic E-state index is 11.8. The number of amides is 2. The van der Waals surface area contributed by atoms with Gasteiger partial charge in [0.25, 0.3) is 0 Å². The molecule has 23 heavy (non-hydrogen) atoms. The molecular weight excluding hydrogens is 308 g/mol. The zero-order valence-corrected chi connectivity index (χ0v) is 13.9. The maximum absolute atomic E-state index is 11.8. The third-order valence-corrected chi connectivity index (χ3v) is 3.60. The summed E-state index contributed by atoms with van der Waals surface area (Å²) in [6.07, 6.45) is 6.82. The average molecular weight is 329 g/mol. The van der Waals surface area contributed by atoms with Gasteiger partial charge >= 0.3 is 6.03 Å². The number of hydrogen-bond donors (Lipinski definition) is 2. The molecule has 2 aromatic rings. The summed E-state index contributed by atoms with van der Waals surface area (Å²) in [5, 5.41) is 6.14. The second kappa shape index (κ2) is 9.01. The molecule has 4 heteroatoms. The zero-order valence-electron chi connectivity index (χ0n) is 13.2. The summed E-state index contributed by atoms with van der Waals surface area (Å²) < 4.78 is 0. The van der Waals surface area contributed by atoms with Gasteiger partial charge in [0.15, 0.2) is 0 Å². The maximum Gasteiger partial charge on any atom is 0.323 e. The highest BCUT2D eigenvalue weighted by molar-refractivity contribution is 6.30. The van der Waals surface area contributed by atoms with Crippen molar-refractivity contribution in [2.45, 2.75) is 26.2 Å². The van der Waals surface area contributed by atoms with E-state index in [1.54, 1.807) is 12.3 Å². The van der Waals surface area contributed by atoms with Crippen molar-refractivity contribution in [1.82, 2.24) is 5.32 Å². The molecule has 0 aliphatic carbocycles. The van der Waals surface area contributed by atoms with Gasteiger partial charge in [-0.15, -0.1) is 0 Å². The molecular formula is C19H21ClN2O. The van der Waals surface area contributed by atoms with Gasteiger partial charge in [-0.05, 0) is 54.3 Å². The molecule has 0 unspecified atom stereocenters. The van der Waals surface area contributed by atoms with Crippen LogP contribution in [0, 0.1) is 0 Å². The Kier molecular flexibility index (Phi) is 6.70. The second-order valence-electron chi connectivity index (χ2n) is 5.29. The summed E-state index contributed by atoms with van der Waals surface area (Å²) in [6, 6.07) is 15.1. The summed E-state index contributed by atoms with van der Waals surface area (Å²) >= 11 is 5.90. The zero-order chi connectivity index (χ0) is 16.5. The SMILES string of the molecule is CCCCc1ccc(NC(=O)N/C=C/c2cccc(Cl)c2)cc1. The van der Waals surface area contributed by atoms with Gasteiger partial charge in [-0.3, -0.25) is 0 Å². The summed E-state index contributed by atoms with van der Waals surface area (Å²) in [6.45, 7) is 2.18. The normalized spacial score (nSPS) is 10.7. The van der Waals surface area contributed by atoms with Crippen molar-refractivity contribution in [2.24, 2.45) is 0 Å². The lowest BCUT2D eigenvalue weighted by atomic mass is 10.1. The van der Waals surface area contributed by atoms with E-state index in [-0.39, 0.29) is 6.03 Å². The molecule has 2 amide bonds. The first kappa shape index (κ1) is 17.1. The number of rotatable bonds is 6. The lowest BCUT2D eigenvalue weighted by Crippen LogP contribution is -2.23. The molecule has 0 fully saturated rings. The van der Waals surface area contributed by atoms with Gasteiger partial charge in [-0.1, -0.05) is 49.2 Å². The topological polar surface area (TPSA) is 41.1 Å². The first-order valence-corrected chi connectivity index (χ1v) is 8.14. The van der Waals surface area contributed by atoms with Gasteiger partial charge in [0.1, 0.15) is 0 Å². The van der Waals surface area contributed by atoms with E-state index in [9.17, 15) is 4.79 Å². The smallest absolute Gasteiger partial charge is 0.314 e. The Morgan fingerprint density at radius 2 is 1.96 bits per heavy atom. The van der Waals surface area contributed by atoms with Crippen LogP contribution in [-0.2, 0) is 6.42 Å². The van der Waals surface area contributed by atoms with Gasteiger partial charge in [0.2, 0.25) is 0 Å². The van der Waals surface area contributed by atoms with Crippen molar-refractivity contribution in [3.05, 3.63) is 70.9 Å². The molecule has 0 bridgehead atoms. The van der Waals surface area contributed by atoms with Gasteiger partial charge in [0.05, 0.1) is 0 Å². The molecule has 0 aliphatic heterocycles. The molecule has 0 radical (unpaired) electrons. The van der Waals surface area contributed by atoms with Crippen molar-refractivity contribution >= 4 is 29.4 Å². The van der Waals surface area contributed by atoms with Crippen LogP contribution in [0.3, 0.4) is 0 Å². The fourth-order valence-electron chi connectivity index (χ4n) is 2.13. The molecule has 2 rings (SSSR count). The summed E-state index contributed by atoms with van der Waals surface area (Å²) in [7, 11) is 0. The Bertz CT molecular complexity index is 665. The van der Waals surface area contributed by atoms with E-state index in [1.807, 2.05) is 48.5 Å². The van der Waals surface area contributed by atoms with Gasteiger partial charge in [-0.2, -0.15) is 0 Å². The molecule has 0 saturated heterocycles. The number of carbonyl (C=O) groups is 1. The van der Waals surface area contributed by atoms with Crippen LogP contribution in [0.4, 0.5) is 10.5 Å². The van der Waals surface area contributed by atoms with Crippen LogP contribution < -0.4 is 10.6 Å². The lowest BCUT2D eigenvalue weighted by Gasteiger charge is -2.06. The van der Waals surface area contributed by atoms with E-state index < -0.39 is 0 Å². The highest BCUT2D eigenvalue weighted by Crippen LogP contribution is 2.12. The Hall–Kier alpha value is -2.26. The minimum absolute atomic E-state index is 0.274. The highest BCUT2D eigenvalue weighted by atomic mass is 35.5. The van der Waals surface area contributed by atoms with Crippen LogP contribution in [0.15, 0.2) is 54.7 Å². The monoisotopic (exact) mass is 328 g/mol. The van der Waals surface area contributed by atoms with Crippen LogP contribution in [0.5, 0.6) is 0 Å². The summed E-state index contributed by atoms with van der Waals surface area (Å²) in [5.41, 5.74) is 3.00. The molecule has 0 spiro atoms. The average Bonchev–Trinajstić information content (AvgIpc) is 2.54. The van der Waals surface area contributed by atoms with Crippen molar-refractivity contribution in [1.29, 1.82) is 0 Å². The van der Waals surface area contributed by atoms with E-state index >= 15 is 0 Å². The lowest BCUT2D eigenvalue weighted by molar-refractivity contribution is 0.255. The number of nitrogens with one attached hydrogen (secondary N) is 2. The molecule has 2 N–H and O–H groups in total. The third kappa shape index (κ3) is 6.17. The van der Waals surface area contributed by atoms with Crippen molar-refractivity contribution in [3.8, 4) is 0 Å². The Morgan fingerprint density at radius 1 is 1.17 bits per heavy atom. The molecule has 120 valence electrons. The van der Waals surface area contributed by atoms with Crippen LogP contribution in [0.25, 0.3) is 6.08 Å². The largest absolute Gasteiger partial charge is 0.323 e. The number of carbonyl (C=O) groups excluding carboxylic acids is 1. The Morgan fingerprint density at radius 3 is 2.65 bits per heavy atom. The van der Waals surface area contributed by atoms with Gasteiger partial charge in [-0.25, -0.2) is 4.79 Å².